The zero-order valence-electron chi connectivity index (χ0n) is 13.7. The molecule has 1 fully saturated rings. The lowest BCUT2D eigenvalue weighted by atomic mass is 10.1. The van der Waals surface area contributed by atoms with Gasteiger partial charge >= 0.3 is 6.03 Å². The smallest absolute Gasteiger partial charge is 0.355 e. The fourth-order valence-corrected chi connectivity index (χ4v) is 3.54. The van der Waals surface area contributed by atoms with Crippen molar-refractivity contribution < 1.29 is 23.4 Å². The summed E-state index contributed by atoms with van der Waals surface area (Å²) in [6.07, 6.45) is 4.09. The summed E-state index contributed by atoms with van der Waals surface area (Å²) >= 11 is 0. The van der Waals surface area contributed by atoms with Crippen molar-refractivity contribution in [3.05, 3.63) is 59.2 Å². The van der Waals surface area contributed by atoms with Crippen LogP contribution in [0.5, 0.6) is 11.5 Å². The molecule has 1 saturated heterocycles. The molecule has 1 spiro atoms. The number of carbonyl (C=O) groups excluding carboxylic acids is 1. The maximum atomic E-state index is 11.9. The minimum Gasteiger partial charge on any atom is -0.355 e. The maximum absolute atomic E-state index is 11.9. The van der Waals surface area contributed by atoms with Crippen LogP contribution in [-0.4, -0.2) is 53.7 Å². The molecule has 1 atom stereocenters. The highest BCUT2D eigenvalue weighted by Gasteiger charge is 2.68. The van der Waals surface area contributed by atoms with Crippen LogP contribution in [0.4, 0.5) is 0 Å². The summed E-state index contributed by atoms with van der Waals surface area (Å²) < 4.78 is 16.7. The number of hydrogen-bond donors (Lipinski definition) is 1. The van der Waals surface area contributed by atoms with Gasteiger partial charge in [0, 0.05) is 12.6 Å². The number of rotatable bonds is 1. The fourth-order valence-electron chi connectivity index (χ4n) is 3.54. The van der Waals surface area contributed by atoms with Crippen molar-refractivity contribution in [3.8, 4) is 11.5 Å². The topological polar surface area (TPSA) is 53.6 Å². The Hall–Kier alpha value is -3.15. The van der Waals surface area contributed by atoms with E-state index in [1.807, 2.05) is 47.2 Å². The highest BCUT2D eigenvalue weighted by molar-refractivity contribution is 5.96. The average Bonchev–Trinajstić information content (AvgIpc) is 3.00. The Morgan fingerprint density at radius 3 is 2.44 bits per heavy atom. The third-order valence-corrected chi connectivity index (χ3v) is 4.80. The molecule has 25 heavy (non-hydrogen) atoms. The van der Waals surface area contributed by atoms with Gasteiger partial charge in [-0.3, -0.25) is 4.79 Å². The molecule has 2 aromatic carbocycles. The van der Waals surface area contributed by atoms with Crippen molar-refractivity contribution >= 4 is 18.3 Å². The Labute approximate surface area is 144 Å². The molecule has 5 rings (SSSR count). The van der Waals surface area contributed by atoms with Crippen LogP contribution >= 0.6 is 0 Å². The Bertz CT molecular complexity index is 980. The number of nitrogens with one attached hydrogen (secondary N) is 1. The molecule has 0 aliphatic carbocycles. The van der Waals surface area contributed by atoms with E-state index in [9.17, 15) is 4.79 Å². The molecule has 0 bridgehead atoms. The van der Waals surface area contributed by atoms with Gasteiger partial charge in [0.25, 0.3) is 5.91 Å². The van der Waals surface area contributed by atoms with Crippen LogP contribution < -0.4 is 14.8 Å². The molecule has 6 heteroatoms. The van der Waals surface area contributed by atoms with Crippen LogP contribution in [0.15, 0.2) is 42.5 Å². The van der Waals surface area contributed by atoms with Crippen molar-refractivity contribution in [1.82, 2.24) is 5.32 Å². The van der Waals surface area contributed by atoms with Crippen molar-refractivity contribution in [2.45, 2.75) is 6.03 Å². The Morgan fingerprint density at radius 1 is 1.00 bits per heavy atom. The quantitative estimate of drug-likeness (QED) is 0.792. The first-order chi connectivity index (χ1) is 12.2. The van der Waals surface area contributed by atoms with Crippen molar-refractivity contribution in [1.29, 1.82) is 0 Å². The van der Waals surface area contributed by atoms with Crippen molar-refractivity contribution in [2.75, 3.05) is 20.1 Å². The molecule has 0 radical (unpaired) electrons. The van der Waals surface area contributed by atoms with Gasteiger partial charge in [-0.05, 0) is 30.3 Å². The number of nitrogens with zero attached hydrogens (tertiary/aromatic N) is 2. The lowest BCUT2D eigenvalue weighted by Gasteiger charge is -2.26. The molecule has 3 heterocycles. The van der Waals surface area contributed by atoms with E-state index in [1.54, 1.807) is 13.1 Å². The second-order valence-electron chi connectivity index (χ2n) is 6.27. The summed E-state index contributed by atoms with van der Waals surface area (Å²) in [7, 11) is 1.62. The molecule has 1 amide bonds. The molecule has 3 aliphatic heterocycles. The lowest BCUT2D eigenvalue weighted by Crippen LogP contribution is -2.59. The second kappa shape index (κ2) is 4.92. The van der Waals surface area contributed by atoms with Crippen LogP contribution in [-0.2, 0) is 0 Å². The van der Waals surface area contributed by atoms with E-state index < -0.39 is 6.03 Å². The number of hydrogen-bond acceptors (Lipinski definition) is 3. The summed E-state index contributed by atoms with van der Waals surface area (Å²) in [6.45, 7) is 1.56. The van der Waals surface area contributed by atoms with Crippen LogP contribution in [0.1, 0.15) is 21.5 Å². The zero-order valence-corrected chi connectivity index (χ0v) is 13.7. The number of carbonyl (C=O) groups is 1. The van der Waals surface area contributed by atoms with Gasteiger partial charge in [-0.15, -0.1) is 0 Å². The van der Waals surface area contributed by atoms with Gasteiger partial charge < -0.3 is 14.8 Å². The molecule has 3 aliphatic rings. The number of benzene rings is 2. The van der Waals surface area contributed by atoms with Gasteiger partial charge in [0.2, 0.25) is 13.1 Å². The molecular formula is C19H17N3O3+2. The van der Waals surface area contributed by atoms with Crippen LogP contribution in [0.3, 0.4) is 0 Å². The average molecular weight is 335 g/mol. The predicted octanol–water partition coefficient (Wildman–Crippen LogP) is 1.02. The van der Waals surface area contributed by atoms with Gasteiger partial charge in [0.1, 0.15) is 0 Å². The van der Waals surface area contributed by atoms with Crippen LogP contribution in [0, 0.1) is 0 Å². The van der Waals surface area contributed by atoms with Crippen molar-refractivity contribution in [3.63, 3.8) is 0 Å². The van der Waals surface area contributed by atoms with Gasteiger partial charge in [0.15, 0.2) is 23.9 Å². The Kier molecular flexibility index (Phi) is 2.80. The molecule has 124 valence electrons. The lowest BCUT2D eigenvalue weighted by molar-refractivity contribution is -0.855. The van der Waals surface area contributed by atoms with Crippen LogP contribution in [0.2, 0.25) is 0 Å². The fraction of sp³-hybridized carbons (Fsp3) is 0.211. The molecular weight excluding hydrogens is 318 g/mol. The number of fused-ring (bicyclic) bond motifs is 2. The third-order valence-electron chi connectivity index (χ3n) is 4.80. The largest absolute Gasteiger partial charge is 0.704 e. The van der Waals surface area contributed by atoms with E-state index in [1.165, 1.54) is 0 Å². The van der Waals surface area contributed by atoms with E-state index >= 15 is 0 Å². The highest BCUT2D eigenvalue weighted by atomic mass is 16.7. The molecule has 0 saturated carbocycles. The first-order valence-electron chi connectivity index (χ1n) is 8.26. The molecule has 0 unspecified atom stereocenters. The van der Waals surface area contributed by atoms with Crippen LogP contribution in [0.25, 0.3) is 0 Å². The number of amides is 1. The van der Waals surface area contributed by atoms with E-state index in [2.05, 4.69) is 16.1 Å². The highest BCUT2D eigenvalue weighted by Crippen LogP contribution is 2.36. The van der Waals surface area contributed by atoms with E-state index in [-0.39, 0.29) is 5.91 Å². The Balaban J connectivity index is 1.61. The summed E-state index contributed by atoms with van der Waals surface area (Å²) in [5.41, 5.74) is 2.52. The van der Waals surface area contributed by atoms with Crippen molar-refractivity contribution in [2.24, 2.45) is 0 Å². The second-order valence-corrected chi connectivity index (χ2v) is 6.27. The van der Waals surface area contributed by atoms with E-state index in [0.29, 0.717) is 11.3 Å². The Morgan fingerprint density at radius 2 is 1.68 bits per heavy atom. The standard InChI is InChI=1S/C19H16N3O3/c1-20-18(23)13-6-7-17-15(10-13)12-22-9-8-21-11-14-4-2-3-5-16(14)24-19(21,22)25-17/h2-7,10-12H,8-9H2,1H3/q+1/p+1/t19-/m1/s1. The van der Waals surface area contributed by atoms with E-state index in [4.69, 9.17) is 9.47 Å². The summed E-state index contributed by atoms with van der Waals surface area (Å²) in [4.78, 5) is 11.9. The van der Waals surface area contributed by atoms with Gasteiger partial charge in [-0.25, -0.2) is 0 Å². The maximum Gasteiger partial charge on any atom is 0.704 e. The number of para-hydroxylation sites is 1. The predicted molar refractivity (Wildman–Crippen MR) is 90.8 cm³/mol. The van der Waals surface area contributed by atoms with Gasteiger partial charge in [-0.2, -0.15) is 0 Å². The normalized spacial score (nSPS) is 22.1. The minimum absolute atomic E-state index is 0.115. The van der Waals surface area contributed by atoms with Gasteiger partial charge in [0.05, 0.1) is 11.1 Å². The third kappa shape index (κ3) is 1.94. The molecule has 2 aromatic rings. The molecule has 1 N–H and O–H groups in total. The first kappa shape index (κ1) is 14.2. The number of ether oxygens (including phenoxy) is 2. The summed E-state index contributed by atoms with van der Waals surface area (Å²) in [5.74, 6) is 1.38. The SMILES string of the molecule is CNC(=O)c1ccc2c(c1)C=[N+]1CC[N+]3=Cc4ccccc4O[C@@]31O2. The van der Waals surface area contributed by atoms with E-state index in [0.717, 1.165) is 30.0 Å². The monoisotopic (exact) mass is 335 g/mol. The van der Waals surface area contributed by atoms with Gasteiger partial charge in [-0.1, -0.05) is 21.3 Å². The molecule has 6 nitrogen and oxygen atoms in total. The first-order valence-corrected chi connectivity index (χ1v) is 8.26. The molecule has 0 aromatic heterocycles. The zero-order chi connectivity index (χ0) is 17.0. The minimum atomic E-state index is -0.990. The summed E-state index contributed by atoms with van der Waals surface area (Å²) in [5, 5.41) is 2.64. The summed E-state index contributed by atoms with van der Waals surface area (Å²) in [6, 6.07) is 12.4.